The first kappa shape index (κ1) is 12.8. The van der Waals surface area contributed by atoms with Gasteiger partial charge in [-0.05, 0) is 12.1 Å². The van der Waals surface area contributed by atoms with Crippen LogP contribution >= 0.6 is 0 Å². The molecule has 1 aromatic heterocycles. The van der Waals surface area contributed by atoms with E-state index in [-0.39, 0.29) is 0 Å². The Balaban J connectivity index is 2.09. The summed E-state index contributed by atoms with van der Waals surface area (Å²) in [5, 5.41) is 0. The minimum Gasteiger partial charge on any atom is -0.497 e. The fraction of sp³-hybridized carbons (Fsp3) is 0.286. The van der Waals surface area contributed by atoms with Gasteiger partial charge in [0.15, 0.2) is 5.82 Å². The number of rotatable bonds is 3. The zero-order valence-electron chi connectivity index (χ0n) is 11.2. The minimum absolute atomic E-state index is 0.493. The van der Waals surface area contributed by atoms with Gasteiger partial charge in [0.2, 0.25) is 0 Å². The van der Waals surface area contributed by atoms with Crippen molar-refractivity contribution < 1.29 is 9.47 Å². The van der Waals surface area contributed by atoms with E-state index in [0.717, 1.165) is 29.0 Å². The molecule has 0 saturated carbocycles. The molecule has 0 radical (unpaired) electrons. The average Bonchev–Trinajstić information content (AvgIpc) is 2.53. The van der Waals surface area contributed by atoms with Crippen molar-refractivity contribution in [2.45, 2.75) is 13.0 Å². The van der Waals surface area contributed by atoms with Crippen LogP contribution in [-0.2, 0) is 17.8 Å². The maximum absolute atomic E-state index is 5.56. The van der Waals surface area contributed by atoms with E-state index in [2.05, 4.69) is 15.4 Å². The molecule has 1 aromatic carbocycles. The molecule has 3 N–H and O–H groups in total. The van der Waals surface area contributed by atoms with Crippen LogP contribution in [0.25, 0.3) is 11.4 Å². The van der Waals surface area contributed by atoms with Gasteiger partial charge in [0.05, 0.1) is 26.0 Å². The lowest BCUT2D eigenvalue weighted by Crippen LogP contribution is -2.19. The molecule has 6 nitrogen and oxygen atoms in total. The predicted octanol–water partition coefficient (Wildman–Crippen LogP) is 1.51. The number of anilines is 1. The highest BCUT2D eigenvalue weighted by molar-refractivity contribution is 5.61. The first-order chi connectivity index (χ1) is 9.81. The Hall–Kier alpha value is -2.18. The molecule has 2 heterocycles. The standard InChI is InChI=1S/C14H16N4O2/c1-19-10-4-2-3-9(7-10)13-16-12-5-6-20-8-11(12)14(17-13)18-15/h2-4,7H,5-6,8,15H2,1H3,(H,16,17,18). The highest BCUT2D eigenvalue weighted by Crippen LogP contribution is 2.27. The molecule has 0 spiro atoms. The number of nitrogen functional groups attached to an aromatic ring is 1. The van der Waals surface area contributed by atoms with Crippen LogP contribution in [0, 0.1) is 0 Å². The molecule has 0 aliphatic carbocycles. The van der Waals surface area contributed by atoms with Gasteiger partial charge in [-0.1, -0.05) is 12.1 Å². The summed E-state index contributed by atoms with van der Waals surface area (Å²) in [7, 11) is 1.64. The van der Waals surface area contributed by atoms with Crippen LogP contribution < -0.4 is 16.0 Å². The summed E-state index contributed by atoms with van der Waals surface area (Å²) in [5.74, 6) is 7.58. The summed E-state index contributed by atoms with van der Waals surface area (Å²) in [4.78, 5) is 9.09. The number of nitrogens with zero attached hydrogens (tertiary/aromatic N) is 2. The van der Waals surface area contributed by atoms with E-state index in [1.54, 1.807) is 7.11 Å². The molecule has 1 aliphatic heterocycles. The maximum Gasteiger partial charge on any atom is 0.161 e. The van der Waals surface area contributed by atoms with E-state index >= 15 is 0 Å². The van der Waals surface area contributed by atoms with Gasteiger partial charge >= 0.3 is 0 Å². The summed E-state index contributed by atoms with van der Waals surface area (Å²) < 4.78 is 10.7. The molecular weight excluding hydrogens is 256 g/mol. The molecule has 0 unspecified atom stereocenters. The predicted molar refractivity (Wildman–Crippen MR) is 75.2 cm³/mol. The molecule has 20 heavy (non-hydrogen) atoms. The molecular formula is C14H16N4O2. The van der Waals surface area contributed by atoms with E-state index < -0.39 is 0 Å². The number of nitrogens with two attached hydrogens (primary N) is 1. The van der Waals surface area contributed by atoms with E-state index in [9.17, 15) is 0 Å². The number of benzene rings is 1. The molecule has 3 rings (SSSR count). The van der Waals surface area contributed by atoms with E-state index in [0.29, 0.717) is 24.9 Å². The second-order valence-electron chi connectivity index (χ2n) is 4.50. The van der Waals surface area contributed by atoms with Crippen LogP contribution in [0.15, 0.2) is 24.3 Å². The van der Waals surface area contributed by atoms with Crippen LogP contribution in [0.5, 0.6) is 5.75 Å². The highest BCUT2D eigenvalue weighted by atomic mass is 16.5. The Morgan fingerprint density at radius 2 is 2.25 bits per heavy atom. The van der Waals surface area contributed by atoms with Gasteiger partial charge in [0, 0.05) is 17.5 Å². The molecule has 2 aromatic rings. The molecule has 0 fully saturated rings. The van der Waals surface area contributed by atoms with Crippen molar-refractivity contribution in [1.82, 2.24) is 9.97 Å². The zero-order valence-corrected chi connectivity index (χ0v) is 11.2. The molecule has 104 valence electrons. The molecule has 0 saturated heterocycles. The van der Waals surface area contributed by atoms with Crippen molar-refractivity contribution in [1.29, 1.82) is 0 Å². The maximum atomic E-state index is 5.56. The number of methoxy groups -OCH3 is 1. The van der Waals surface area contributed by atoms with Crippen LogP contribution in [0.2, 0.25) is 0 Å². The third-order valence-electron chi connectivity index (χ3n) is 3.29. The summed E-state index contributed by atoms with van der Waals surface area (Å²) in [6.07, 6.45) is 0.767. The second-order valence-corrected chi connectivity index (χ2v) is 4.50. The van der Waals surface area contributed by atoms with Gasteiger partial charge in [0.1, 0.15) is 11.6 Å². The van der Waals surface area contributed by atoms with Gasteiger partial charge in [-0.3, -0.25) is 0 Å². The summed E-state index contributed by atoms with van der Waals surface area (Å²) in [6, 6.07) is 7.65. The summed E-state index contributed by atoms with van der Waals surface area (Å²) in [5.41, 5.74) is 5.45. The number of hydrogen-bond donors (Lipinski definition) is 2. The fourth-order valence-corrected chi connectivity index (χ4v) is 2.24. The van der Waals surface area contributed by atoms with Gasteiger partial charge in [-0.25, -0.2) is 15.8 Å². The highest BCUT2D eigenvalue weighted by Gasteiger charge is 2.18. The Bertz CT molecular complexity index is 613. The monoisotopic (exact) mass is 272 g/mol. The first-order valence-electron chi connectivity index (χ1n) is 6.40. The van der Waals surface area contributed by atoms with E-state index in [4.69, 9.17) is 15.3 Å². The number of aromatic nitrogens is 2. The van der Waals surface area contributed by atoms with Gasteiger partial charge < -0.3 is 14.9 Å². The minimum atomic E-state index is 0.493. The third-order valence-corrected chi connectivity index (χ3v) is 3.29. The smallest absolute Gasteiger partial charge is 0.161 e. The Morgan fingerprint density at radius 1 is 1.35 bits per heavy atom. The molecule has 0 atom stereocenters. The van der Waals surface area contributed by atoms with Crippen molar-refractivity contribution in [3.05, 3.63) is 35.5 Å². The lowest BCUT2D eigenvalue weighted by molar-refractivity contribution is 0.109. The lowest BCUT2D eigenvalue weighted by Gasteiger charge is -2.19. The van der Waals surface area contributed by atoms with Crippen molar-refractivity contribution in [3.8, 4) is 17.1 Å². The Kier molecular flexibility index (Phi) is 3.49. The Labute approximate surface area is 116 Å². The lowest BCUT2D eigenvalue weighted by atomic mass is 10.1. The molecule has 6 heteroatoms. The SMILES string of the molecule is COc1cccc(-c2nc3c(c(NN)n2)COCC3)c1. The Morgan fingerprint density at radius 3 is 3.05 bits per heavy atom. The summed E-state index contributed by atoms with van der Waals surface area (Å²) >= 11 is 0. The van der Waals surface area contributed by atoms with Crippen LogP contribution in [0.1, 0.15) is 11.3 Å². The number of fused-ring (bicyclic) bond motifs is 1. The first-order valence-corrected chi connectivity index (χ1v) is 6.40. The van der Waals surface area contributed by atoms with Crippen LogP contribution in [-0.4, -0.2) is 23.7 Å². The topological polar surface area (TPSA) is 82.3 Å². The zero-order chi connectivity index (χ0) is 13.9. The van der Waals surface area contributed by atoms with E-state index in [1.165, 1.54) is 0 Å². The largest absolute Gasteiger partial charge is 0.497 e. The second kappa shape index (κ2) is 5.44. The number of hydrogen-bond acceptors (Lipinski definition) is 6. The molecule has 0 bridgehead atoms. The fourth-order valence-electron chi connectivity index (χ4n) is 2.24. The molecule has 1 aliphatic rings. The molecule has 0 amide bonds. The van der Waals surface area contributed by atoms with Crippen LogP contribution in [0.4, 0.5) is 5.82 Å². The summed E-state index contributed by atoms with van der Waals surface area (Å²) in [6.45, 7) is 1.17. The van der Waals surface area contributed by atoms with Crippen molar-refractivity contribution in [2.75, 3.05) is 19.1 Å². The van der Waals surface area contributed by atoms with Crippen molar-refractivity contribution in [3.63, 3.8) is 0 Å². The van der Waals surface area contributed by atoms with Gasteiger partial charge in [-0.2, -0.15) is 0 Å². The third kappa shape index (κ3) is 2.31. The normalized spacial score (nSPS) is 13.7. The van der Waals surface area contributed by atoms with E-state index in [1.807, 2.05) is 24.3 Å². The number of hydrazine groups is 1. The van der Waals surface area contributed by atoms with Crippen LogP contribution in [0.3, 0.4) is 0 Å². The number of nitrogens with one attached hydrogen (secondary N) is 1. The average molecular weight is 272 g/mol. The number of ether oxygens (including phenoxy) is 2. The van der Waals surface area contributed by atoms with Gasteiger partial charge in [0.25, 0.3) is 0 Å². The van der Waals surface area contributed by atoms with Crippen molar-refractivity contribution in [2.24, 2.45) is 5.84 Å². The quantitative estimate of drug-likeness (QED) is 0.651. The van der Waals surface area contributed by atoms with Crippen molar-refractivity contribution >= 4 is 5.82 Å². The van der Waals surface area contributed by atoms with Gasteiger partial charge in [-0.15, -0.1) is 0 Å².